The van der Waals surface area contributed by atoms with Gasteiger partial charge in [0.15, 0.2) is 0 Å². The van der Waals surface area contributed by atoms with Crippen LogP contribution in [0.1, 0.15) is 41.0 Å². The van der Waals surface area contributed by atoms with Crippen molar-refractivity contribution < 1.29 is 0 Å². The van der Waals surface area contributed by atoms with Crippen molar-refractivity contribution in [1.82, 2.24) is 10.2 Å². The molecule has 3 unspecified atom stereocenters. The van der Waals surface area contributed by atoms with Gasteiger partial charge in [0.05, 0.1) is 0 Å². The number of likely N-dealkylation sites (N-methyl/N-ethyl adjacent to an activating group) is 1. The summed E-state index contributed by atoms with van der Waals surface area (Å²) in [4.78, 5) is 2.56. The molecule has 1 N–H and O–H groups in total. The zero-order valence-electron chi connectivity index (χ0n) is 12.0. The maximum Gasteiger partial charge on any atom is 0.0240 e. The fourth-order valence-electron chi connectivity index (χ4n) is 2.42. The molecule has 0 aromatic carbocycles. The van der Waals surface area contributed by atoms with Gasteiger partial charge in [-0.15, -0.1) is 0 Å². The molecule has 2 nitrogen and oxygen atoms in total. The molecule has 0 aliphatic heterocycles. The monoisotopic (exact) mass is 226 g/mol. The van der Waals surface area contributed by atoms with Gasteiger partial charge in [-0.05, 0) is 31.2 Å². The third-order valence-corrected chi connectivity index (χ3v) is 3.87. The molecule has 0 amide bonds. The Morgan fingerprint density at radius 2 is 1.81 bits per heavy atom. The Bertz CT molecular complexity index is 201. The average Bonchev–Trinajstić information content (AvgIpc) is 2.80. The van der Waals surface area contributed by atoms with Gasteiger partial charge in [-0.2, -0.15) is 0 Å². The van der Waals surface area contributed by atoms with Crippen molar-refractivity contribution in [2.75, 3.05) is 20.1 Å². The maximum atomic E-state index is 3.57. The average molecular weight is 226 g/mol. The third-order valence-electron chi connectivity index (χ3n) is 3.87. The minimum Gasteiger partial charge on any atom is -0.313 e. The molecule has 1 fully saturated rings. The van der Waals surface area contributed by atoms with Crippen molar-refractivity contribution in [2.45, 2.75) is 53.1 Å². The van der Waals surface area contributed by atoms with Crippen LogP contribution < -0.4 is 5.32 Å². The SMILES string of the molecule is CC(C)NCC(C(C)C)N(C)CC1CC1C. The lowest BCUT2D eigenvalue weighted by Crippen LogP contribution is -2.46. The molecule has 0 bridgehead atoms. The molecule has 96 valence electrons. The summed E-state index contributed by atoms with van der Waals surface area (Å²) in [6, 6.07) is 1.27. The second-order valence-corrected chi connectivity index (χ2v) is 6.29. The lowest BCUT2D eigenvalue weighted by atomic mass is 10.0. The van der Waals surface area contributed by atoms with E-state index >= 15 is 0 Å². The van der Waals surface area contributed by atoms with E-state index in [4.69, 9.17) is 0 Å². The van der Waals surface area contributed by atoms with Gasteiger partial charge < -0.3 is 10.2 Å². The van der Waals surface area contributed by atoms with Crippen LogP contribution >= 0.6 is 0 Å². The molecule has 3 atom stereocenters. The van der Waals surface area contributed by atoms with Gasteiger partial charge in [0, 0.05) is 25.2 Å². The van der Waals surface area contributed by atoms with E-state index in [9.17, 15) is 0 Å². The van der Waals surface area contributed by atoms with Crippen molar-refractivity contribution in [3.05, 3.63) is 0 Å². The molecule has 0 aromatic rings. The normalized spacial score (nSPS) is 26.8. The quantitative estimate of drug-likeness (QED) is 0.718. The molecule has 0 radical (unpaired) electrons. The van der Waals surface area contributed by atoms with Gasteiger partial charge in [-0.25, -0.2) is 0 Å². The van der Waals surface area contributed by atoms with Crippen LogP contribution in [0.2, 0.25) is 0 Å². The zero-order chi connectivity index (χ0) is 12.3. The number of hydrogen-bond acceptors (Lipinski definition) is 2. The molecule has 1 saturated carbocycles. The van der Waals surface area contributed by atoms with Gasteiger partial charge in [-0.3, -0.25) is 0 Å². The molecule has 0 heterocycles. The van der Waals surface area contributed by atoms with Gasteiger partial charge in [0.25, 0.3) is 0 Å². The maximum absolute atomic E-state index is 3.57. The van der Waals surface area contributed by atoms with E-state index in [1.165, 1.54) is 13.0 Å². The molecule has 0 spiro atoms. The van der Waals surface area contributed by atoms with Crippen molar-refractivity contribution in [1.29, 1.82) is 0 Å². The van der Waals surface area contributed by atoms with E-state index in [2.05, 4.69) is 51.9 Å². The van der Waals surface area contributed by atoms with Gasteiger partial charge in [0.2, 0.25) is 0 Å². The van der Waals surface area contributed by atoms with Crippen molar-refractivity contribution in [3.8, 4) is 0 Å². The molecule has 16 heavy (non-hydrogen) atoms. The summed E-state index contributed by atoms with van der Waals surface area (Å²) >= 11 is 0. The summed E-state index contributed by atoms with van der Waals surface area (Å²) in [6.07, 6.45) is 1.44. The Labute approximate surface area is 102 Å². The number of rotatable bonds is 7. The third kappa shape index (κ3) is 4.42. The summed E-state index contributed by atoms with van der Waals surface area (Å²) in [7, 11) is 2.29. The van der Waals surface area contributed by atoms with Crippen molar-refractivity contribution in [2.24, 2.45) is 17.8 Å². The van der Waals surface area contributed by atoms with Crippen LogP contribution in [0.4, 0.5) is 0 Å². The Balaban J connectivity index is 2.35. The van der Waals surface area contributed by atoms with Crippen LogP contribution in [0.15, 0.2) is 0 Å². The van der Waals surface area contributed by atoms with Gasteiger partial charge >= 0.3 is 0 Å². The minimum atomic E-state index is 0.592. The first-order valence-corrected chi connectivity index (χ1v) is 6.85. The van der Waals surface area contributed by atoms with Crippen LogP contribution in [-0.4, -0.2) is 37.1 Å². The van der Waals surface area contributed by atoms with Crippen LogP contribution in [0.25, 0.3) is 0 Å². The fourth-order valence-corrected chi connectivity index (χ4v) is 2.42. The van der Waals surface area contributed by atoms with E-state index in [0.29, 0.717) is 12.1 Å². The highest BCUT2D eigenvalue weighted by Crippen LogP contribution is 2.38. The lowest BCUT2D eigenvalue weighted by Gasteiger charge is -2.32. The van der Waals surface area contributed by atoms with Crippen LogP contribution in [0.3, 0.4) is 0 Å². The number of nitrogens with one attached hydrogen (secondary N) is 1. The number of nitrogens with zero attached hydrogens (tertiary/aromatic N) is 1. The standard InChI is InChI=1S/C14H30N2/c1-10(2)14(8-15-11(3)4)16(6)9-13-7-12(13)5/h10-15H,7-9H2,1-6H3. The molecular weight excluding hydrogens is 196 g/mol. The topological polar surface area (TPSA) is 15.3 Å². The molecule has 1 rings (SSSR count). The highest BCUT2D eigenvalue weighted by molar-refractivity contribution is 4.87. The Morgan fingerprint density at radius 3 is 2.19 bits per heavy atom. The molecule has 1 aliphatic rings. The first kappa shape index (κ1) is 14.0. The predicted octanol–water partition coefficient (Wildman–Crippen LogP) is 2.60. The summed E-state index contributed by atoms with van der Waals surface area (Å²) in [5, 5.41) is 3.57. The predicted molar refractivity (Wildman–Crippen MR) is 71.7 cm³/mol. The molecule has 0 saturated heterocycles. The molecular formula is C14H30N2. The molecule has 1 aliphatic carbocycles. The lowest BCUT2D eigenvalue weighted by molar-refractivity contribution is 0.175. The summed E-state index contributed by atoms with van der Waals surface area (Å²) < 4.78 is 0. The second kappa shape index (κ2) is 6.02. The zero-order valence-corrected chi connectivity index (χ0v) is 12.0. The van der Waals surface area contributed by atoms with Crippen molar-refractivity contribution in [3.63, 3.8) is 0 Å². The van der Waals surface area contributed by atoms with Gasteiger partial charge in [-0.1, -0.05) is 34.6 Å². The van der Waals surface area contributed by atoms with E-state index < -0.39 is 0 Å². The van der Waals surface area contributed by atoms with Crippen molar-refractivity contribution >= 4 is 0 Å². The summed E-state index contributed by atoms with van der Waals surface area (Å²) in [6.45, 7) is 13.9. The molecule has 0 aromatic heterocycles. The Morgan fingerprint density at radius 1 is 1.25 bits per heavy atom. The van der Waals surface area contributed by atoms with Crippen LogP contribution in [-0.2, 0) is 0 Å². The largest absolute Gasteiger partial charge is 0.313 e. The minimum absolute atomic E-state index is 0.592. The van der Waals surface area contributed by atoms with E-state index in [1.54, 1.807) is 0 Å². The molecule has 2 heteroatoms. The Hall–Kier alpha value is -0.0800. The first-order valence-electron chi connectivity index (χ1n) is 6.85. The first-order chi connectivity index (χ1) is 7.41. The van der Waals surface area contributed by atoms with E-state index in [-0.39, 0.29) is 0 Å². The summed E-state index contributed by atoms with van der Waals surface area (Å²) in [5.74, 6) is 2.66. The van der Waals surface area contributed by atoms with Crippen LogP contribution in [0, 0.1) is 17.8 Å². The Kier molecular flexibility index (Phi) is 5.26. The highest BCUT2D eigenvalue weighted by Gasteiger charge is 2.34. The van der Waals surface area contributed by atoms with Crippen LogP contribution in [0.5, 0.6) is 0 Å². The van der Waals surface area contributed by atoms with E-state index in [1.807, 2.05) is 0 Å². The van der Waals surface area contributed by atoms with Gasteiger partial charge in [0.1, 0.15) is 0 Å². The summed E-state index contributed by atoms with van der Waals surface area (Å²) in [5.41, 5.74) is 0. The second-order valence-electron chi connectivity index (χ2n) is 6.29. The number of hydrogen-bond donors (Lipinski definition) is 1. The smallest absolute Gasteiger partial charge is 0.0240 e. The highest BCUT2D eigenvalue weighted by atomic mass is 15.2. The van der Waals surface area contributed by atoms with E-state index in [0.717, 1.165) is 24.3 Å². The fraction of sp³-hybridized carbons (Fsp3) is 1.00.